The highest BCUT2D eigenvalue weighted by Gasteiger charge is 2.17. The van der Waals surface area contributed by atoms with Crippen LogP contribution >= 0.6 is 0 Å². The molecule has 0 aliphatic heterocycles. The van der Waals surface area contributed by atoms with Crippen molar-refractivity contribution < 1.29 is 4.74 Å². The lowest BCUT2D eigenvalue weighted by molar-refractivity contribution is 0.423. The number of aromatic nitrogens is 2. The Morgan fingerprint density at radius 1 is 1.46 bits per heavy atom. The first-order chi connectivity index (χ1) is 11.6. The van der Waals surface area contributed by atoms with Crippen molar-refractivity contribution in [3.05, 3.63) is 59.6 Å². The fourth-order valence-electron chi connectivity index (χ4n) is 2.57. The third-order valence-corrected chi connectivity index (χ3v) is 3.80. The van der Waals surface area contributed by atoms with Crippen molar-refractivity contribution in [3.63, 3.8) is 0 Å². The number of rotatable bonds is 7. The lowest BCUT2D eigenvalue weighted by Crippen LogP contribution is -2.00. The number of imidazole rings is 1. The number of allylic oxidation sites excluding steroid dienone is 7. The van der Waals surface area contributed by atoms with E-state index in [1.165, 1.54) is 18.2 Å². The summed E-state index contributed by atoms with van der Waals surface area (Å²) in [5.41, 5.74) is 5.19. The second-order valence-corrected chi connectivity index (χ2v) is 5.38. The second-order valence-electron chi connectivity index (χ2n) is 5.38. The SMILES string of the molecule is C=Cc1[nH]c(C2=C(C)C=C(C(=C)/C=C\C=N)CC2)nc1/N=C/OC. The summed E-state index contributed by atoms with van der Waals surface area (Å²) < 4.78 is 4.86. The zero-order valence-electron chi connectivity index (χ0n) is 14.1. The predicted octanol–water partition coefficient (Wildman–Crippen LogP) is 4.61. The molecule has 2 N–H and O–H groups in total. The quantitative estimate of drug-likeness (QED) is 0.437. The van der Waals surface area contributed by atoms with Crippen molar-refractivity contribution in [2.24, 2.45) is 4.99 Å². The molecule has 124 valence electrons. The molecule has 0 bridgehead atoms. The van der Waals surface area contributed by atoms with Crippen LogP contribution in [0.1, 0.15) is 31.3 Å². The van der Waals surface area contributed by atoms with Gasteiger partial charge in [0.15, 0.2) is 12.2 Å². The molecular formula is C19H22N4O. The molecule has 1 aliphatic carbocycles. The zero-order valence-corrected chi connectivity index (χ0v) is 14.1. The topological polar surface area (TPSA) is 74.1 Å². The Morgan fingerprint density at radius 2 is 2.25 bits per heavy atom. The molecule has 0 radical (unpaired) electrons. The number of nitrogens with zero attached hydrogens (tertiary/aromatic N) is 2. The van der Waals surface area contributed by atoms with Crippen LogP contribution in [0.15, 0.2) is 53.1 Å². The van der Waals surface area contributed by atoms with Crippen LogP contribution in [0, 0.1) is 5.41 Å². The van der Waals surface area contributed by atoms with Gasteiger partial charge in [0.2, 0.25) is 0 Å². The minimum atomic E-state index is 0.565. The lowest BCUT2D eigenvalue weighted by atomic mass is 9.89. The van der Waals surface area contributed by atoms with Crippen molar-refractivity contribution in [1.82, 2.24) is 9.97 Å². The molecule has 5 nitrogen and oxygen atoms in total. The van der Waals surface area contributed by atoms with Crippen LogP contribution < -0.4 is 0 Å². The van der Waals surface area contributed by atoms with Crippen LogP contribution in [0.5, 0.6) is 0 Å². The largest absolute Gasteiger partial charge is 0.486 e. The van der Waals surface area contributed by atoms with Gasteiger partial charge in [-0.2, -0.15) is 4.99 Å². The fraction of sp³-hybridized carbons (Fsp3) is 0.211. The minimum absolute atomic E-state index is 0.565. The predicted molar refractivity (Wildman–Crippen MR) is 101 cm³/mol. The van der Waals surface area contributed by atoms with Gasteiger partial charge in [-0.3, -0.25) is 0 Å². The maximum atomic E-state index is 7.06. The van der Waals surface area contributed by atoms with Crippen molar-refractivity contribution in [1.29, 1.82) is 5.41 Å². The number of hydrogen-bond donors (Lipinski definition) is 2. The van der Waals surface area contributed by atoms with E-state index < -0.39 is 0 Å². The highest BCUT2D eigenvalue weighted by molar-refractivity contribution is 5.74. The van der Waals surface area contributed by atoms with Crippen molar-refractivity contribution in [3.8, 4) is 0 Å². The molecule has 0 saturated carbocycles. The van der Waals surface area contributed by atoms with E-state index in [4.69, 9.17) is 10.1 Å². The molecule has 0 spiro atoms. The Balaban J connectivity index is 2.34. The van der Waals surface area contributed by atoms with E-state index in [9.17, 15) is 0 Å². The Bertz CT molecular complexity index is 775. The molecule has 5 heteroatoms. The number of aliphatic imine (C=N–C) groups is 1. The van der Waals surface area contributed by atoms with Crippen LogP contribution in [-0.4, -0.2) is 29.7 Å². The Morgan fingerprint density at radius 3 is 2.88 bits per heavy atom. The Hall–Kier alpha value is -2.95. The summed E-state index contributed by atoms with van der Waals surface area (Å²) in [4.78, 5) is 12.0. The molecule has 1 aromatic rings. The van der Waals surface area contributed by atoms with Gasteiger partial charge in [-0.1, -0.05) is 25.3 Å². The third kappa shape index (κ3) is 3.87. The van der Waals surface area contributed by atoms with Crippen LogP contribution in [0.4, 0.5) is 5.82 Å². The summed E-state index contributed by atoms with van der Waals surface area (Å²) in [5, 5.41) is 7.06. The summed E-state index contributed by atoms with van der Waals surface area (Å²) in [6, 6.07) is 0. The number of nitrogens with one attached hydrogen (secondary N) is 2. The van der Waals surface area contributed by atoms with Gasteiger partial charge < -0.3 is 15.1 Å². The van der Waals surface area contributed by atoms with Crippen molar-refractivity contribution in [2.45, 2.75) is 19.8 Å². The number of aromatic amines is 1. The van der Waals surface area contributed by atoms with Crippen LogP contribution in [0.3, 0.4) is 0 Å². The molecule has 0 saturated heterocycles. The van der Waals surface area contributed by atoms with Gasteiger partial charge in [0, 0.05) is 6.21 Å². The van der Waals surface area contributed by atoms with Crippen LogP contribution in [0.2, 0.25) is 0 Å². The number of methoxy groups -OCH3 is 1. The van der Waals surface area contributed by atoms with Gasteiger partial charge in [-0.25, -0.2) is 4.98 Å². The summed E-state index contributed by atoms with van der Waals surface area (Å²) in [6.07, 6.45) is 11.7. The molecule has 0 fully saturated rings. The summed E-state index contributed by atoms with van der Waals surface area (Å²) in [5.74, 6) is 1.37. The van der Waals surface area contributed by atoms with Gasteiger partial charge in [-0.05, 0) is 54.2 Å². The maximum absolute atomic E-state index is 7.06. The average molecular weight is 322 g/mol. The second kappa shape index (κ2) is 8.06. The fourth-order valence-corrected chi connectivity index (χ4v) is 2.57. The Kier molecular flexibility index (Phi) is 5.84. The lowest BCUT2D eigenvalue weighted by Gasteiger charge is -2.17. The average Bonchev–Trinajstić information content (AvgIpc) is 3.00. The van der Waals surface area contributed by atoms with Crippen molar-refractivity contribution in [2.75, 3.05) is 7.11 Å². The molecule has 1 aromatic heterocycles. The highest BCUT2D eigenvalue weighted by atomic mass is 16.5. The summed E-state index contributed by atoms with van der Waals surface area (Å²) >= 11 is 0. The molecular weight excluding hydrogens is 300 g/mol. The normalized spacial score (nSPS) is 15.0. The number of ether oxygens (including phenoxy) is 1. The maximum Gasteiger partial charge on any atom is 0.181 e. The first kappa shape index (κ1) is 17.4. The molecule has 1 heterocycles. The first-order valence-corrected chi connectivity index (χ1v) is 7.65. The molecule has 0 unspecified atom stereocenters. The Labute approximate surface area is 142 Å². The molecule has 0 aromatic carbocycles. The zero-order chi connectivity index (χ0) is 17.5. The van der Waals surface area contributed by atoms with Gasteiger partial charge in [0.25, 0.3) is 0 Å². The molecule has 0 amide bonds. The van der Waals surface area contributed by atoms with Gasteiger partial charge in [-0.15, -0.1) is 0 Å². The van der Waals surface area contributed by atoms with E-state index in [0.29, 0.717) is 5.82 Å². The molecule has 2 rings (SSSR count). The van der Waals surface area contributed by atoms with Crippen molar-refractivity contribution >= 4 is 30.1 Å². The number of hydrogen-bond acceptors (Lipinski definition) is 4. The highest BCUT2D eigenvalue weighted by Crippen LogP contribution is 2.34. The summed E-state index contributed by atoms with van der Waals surface area (Å²) in [6.45, 7) is 9.92. The molecule has 0 atom stereocenters. The smallest absolute Gasteiger partial charge is 0.181 e. The monoisotopic (exact) mass is 322 g/mol. The van der Waals surface area contributed by atoms with E-state index in [1.807, 2.05) is 6.08 Å². The third-order valence-electron chi connectivity index (χ3n) is 3.80. The van der Waals surface area contributed by atoms with E-state index in [1.54, 1.807) is 19.3 Å². The standard InChI is InChI=1S/C19H22N4O/c1-5-17-19(21-12-24-4)23-18(22-17)16-9-8-15(11-14(16)3)13(2)7-6-10-20/h5-7,10-12,20H,1-2,8-9H2,3-4H3,(H,22,23)/b7-6-,20-10?,21-12+. The van der Waals surface area contributed by atoms with Gasteiger partial charge in [0.05, 0.1) is 12.8 Å². The molecule has 1 aliphatic rings. The first-order valence-electron chi connectivity index (χ1n) is 7.65. The van der Waals surface area contributed by atoms with E-state index >= 15 is 0 Å². The van der Waals surface area contributed by atoms with Gasteiger partial charge in [0.1, 0.15) is 5.82 Å². The van der Waals surface area contributed by atoms with Crippen LogP contribution in [-0.2, 0) is 4.74 Å². The minimum Gasteiger partial charge on any atom is -0.486 e. The molecule has 24 heavy (non-hydrogen) atoms. The summed E-state index contributed by atoms with van der Waals surface area (Å²) in [7, 11) is 1.55. The number of H-pyrrole nitrogens is 1. The van der Waals surface area contributed by atoms with Gasteiger partial charge >= 0.3 is 0 Å². The van der Waals surface area contributed by atoms with E-state index in [2.05, 4.69) is 41.1 Å². The van der Waals surface area contributed by atoms with E-state index in [-0.39, 0.29) is 0 Å². The van der Waals surface area contributed by atoms with Crippen LogP contribution in [0.25, 0.3) is 11.6 Å². The van der Waals surface area contributed by atoms with E-state index in [0.717, 1.165) is 41.1 Å².